The average molecular weight is 400 g/mol. The second kappa shape index (κ2) is 6.37. The van der Waals surface area contributed by atoms with Gasteiger partial charge in [-0.1, -0.05) is 0 Å². The number of benzene rings is 1. The predicted molar refractivity (Wildman–Crippen MR) is 85.3 cm³/mol. The summed E-state index contributed by atoms with van der Waals surface area (Å²) < 4.78 is 6.59. The van der Waals surface area contributed by atoms with E-state index < -0.39 is 0 Å². The number of pyridine rings is 1. The Hall–Kier alpha value is -1.40. The first-order chi connectivity index (χ1) is 9.51. The number of methoxy groups -OCH3 is 1. The number of halogens is 2. The van der Waals surface area contributed by atoms with Gasteiger partial charge in [0.1, 0.15) is 10.4 Å². The summed E-state index contributed by atoms with van der Waals surface area (Å²) >= 11 is 6.68. The van der Waals surface area contributed by atoms with Gasteiger partial charge in [-0.05, 0) is 68.6 Å². The zero-order valence-corrected chi connectivity index (χ0v) is 14.1. The van der Waals surface area contributed by atoms with Gasteiger partial charge < -0.3 is 10.1 Å². The molecule has 0 unspecified atom stereocenters. The van der Waals surface area contributed by atoms with Crippen molar-refractivity contribution in [2.45, 2.75) is 6.92 Å². The fraction of sp³-hybridized carbons (Fsp3) is 0.143. The van der Waals surface area contributed by atoms with Gasteiger partial charge >= 0.3 is 0 Å². The molecule has 1 aromatic carbocycles. The highest BCUT2D eigenvalue weighted by Crippen LogP contribution is 2.24. The Morgan fingerprint density at radius 3 is 2.70 bits per heavy atom. The van der Waals surface area contributed by atoms with Crippen molar-refractivity contribution in [2.75, 3.05) is 12.4 Å². The summed E-state index contributed by atoms with van der Waals surface area (Å²) in [6, 6.07) is 7.09. The summed E-state index contributed by atoms with van der Waals surface area (Å²) in [5, 5.41) is 2.81. The summed E-state index contributed by atoms with van der Waals surface area (Å²) in [5.74, 6) is 0.405. The third-order valence-electron chi connectivity index (χ3n) is 2.69. The number of rotatable bonds is 3. The van der Waals surface area contributed by atoms with E-state index in [0.29, 0.717) is 21.5 Å². The number of ether oxygens (including phenoxy) is 1. The second-order valence-electron chi connectivity index (χ2n) is 4.13. The number of hydrogen-bond acceptors (Lipinski definition) is 3. The van der Waals surface area contributed by atoms with Gasteiger partial charge in [-0.15, -0.1) is 0 Å². The highest BCUT2D eigenvalue weighted by atomic mass is 79.9. The van der Waals surface area contributed by atoms with E-state index in [0.717, 1.165) is 10.2 Å². The largest absolute Gasteiger partial charge is 0.497 e. The third-order valence-corrected chi connectivity index (χ3v) is 4.21. The highest BCUT2D eigenvalue weighted by Gasteiger charge is 2.12. The van der Waals surface area contributed by atoms with Gasteiger partial charge in [0.05, 0.1) is 24.6 Å². The molecule has 0 fully saturated rings. The molecule has 0 saturated carbocycles. The molecule has 20 heavy (non-hydrogen) atoms. The first-order valence-electron chi connectivity index (χ1n) is 5.78. The first kappa shape index (κ1) is 15.0. The molecule has 0 radical (unpaired) electrons. The van der Waals surface area contributed by atoms with Crippen molar-refractivity contribution in [2.24, 2.45) is 0 Å². The fourth-order valence-electron chi connectivity index (χ4n) is 1.63. The number of hydrogen-bond donors (Lipinski definition) is 1. The van der Waals surface area contributed by atoms with Crippen LogP contribution in [0.25, 0.3) is 0 Å². The lowest BCUT2D eigenvalue weighted by Gasteiger charge is -2.09. The highest BCUT2D eigenvalue weighted by molar-refractivity contribution is 9.10. The van der Waals surface area contributed by atoms with Gasteiger partial charge in [-0.3, -0.25) is 4.79 Å². The molecule has 6 heteroatoms. The molecule has 1 heterocycles. The SMILES string of the molecule is COc1ccc(Br)c(C(=O)Nc2cnc(Br)c(C)c2)c1. The van der Waals surface area contributed by atoms with Crippen LogP contribution in [0.5, 0.6) is 5.75 Å². The van der Waals surface area contributed by atoms with Gasteiger partial charge in [0.2, 0.25) is 0 Å². The van der Waals surface area contributed by atoms with Crippen LogP contribution in [0.2, 0.25) is 0 Å². The van der Waals surface area contributed by atoms with Gasteiger partial charge in [-0.25, -0.2) is 4.98 Å². The van der Waals surface area contributed by atoms with Gasteiger partial charge in [-0.2, -0.15) is 0 Å². The minimum atomic E-state index is -0.223. The van der Waals surface area contributed by atoms with Crippen LogP contribution in [0.1, 0.15) is 15.9 Å². The summed E-state index contributed by atoms with van der Waals surface area (Å²) in [6.07, 6.45) is 1.60. The first-order valence-corrected chi connectivity index (χ1v) is 7.37. The van der Waals surface area contributed by atoms with E-state index in [1.165, 1.54) is 0 Å². The molecule has 104 valence electrons. The lowest BCUT2D eigenvalue weighted by atomic mass is 10.2. The number of nitrogens with zero attached hydrogens (tertiary/aromatic N) is 1. The Bertz CT molecular complexity index is 660. The number of anilines is 1. The van der Waals surface area contributed by atoms with Crippen molar-refractivity contribution in [3.8, 4) is 5.75 Å². The Morgan fingerprint density at radius 1 is 1.30 bits per heavy atom. The van der Waals surface area contributed by atoms with Crippen molar-refractivity contribution in [3.63, 3.8) is 0 Å². The molecule has 0 spiro atoms. The summed E-state index contributed by atoms with van der Waals surface area (Å²) in [5.41, 5.74) is 2.10. The monoisotopic (exact) mass is 398 g/mol. The lowest BCUT2D eigenvalue weighted by Crippen LogP contribution is -2.13. The van der Waals surface area contributed by atoms with Crippen molar-refractivity contribution < 1.29 is 9.53 Å². The lowest BCUT2D eigenvalue weighted by molar-refractivity contribution is 0.102. The molecule has 4 nitrogen and oxygen atoms in total. The van der Waals surface area contributed by atoms with E-state index in [9.17, 15) is 4.79 Å². The molecule has 0 aliphatic heterocycles. The van der Waals surface area contributed by atoms with Gasteiger partial charge in [0, 0.05) is 4.47 Å². The van der Waals surface area contributed by atoms with E-state index >= 15 is 0 Å². The van der Waals surface area contributed by atoms with Crippen molar-refractivity contribution >= 4 is 43.5 Å². The quantitative estimate of drug-likeness (QED) is 0.787. The molecule has 0 bridgehead atoms. The Labute approximate surface area is 133 Å². The van der Waals surface area contributed by atoms with Crippen LogP contribution in [-0.4, -0.2) is 18.0 Å². The van der Waals surface area contributed by atoms with Crippen molar-refractivity contribution in [1.82, 2.24) is 4.98 Å². The van der Waals surface area contributed by atoms with E-state index in [1.54, 1.807) is 31.5 Å². The molecule has 1 N–H and O–H groups in total. The van der Waals surface area contributed by atoms with Crippen LogP contribution >= 0.6 is 31.9 Å². The molecule has 0 saturated heterocycles. The normalized spacial score (nSPS) is 10.2. The summed E-state index contributed by atoms with van der Waals surface area (Å²) in [4.78, 5) is 16.4. The maximum atomic E-state index is 12.3. The Balaban J connectivity index is 2.25. The molecule has 0 aliphatic carbocycles. The summed E-state index contributed by atoms with van der Waals surface area (Å²) in [7, 11) is 1.56. The topological polar surface area (TPSA) is 51.2 Å². The molecule has 1 aromatic heterocycles. The zero-order valence-electron chi connectivity index (χ0n) is 10.9. The second-order valence-corrected chi connectivity index (χ2v) is 5.74. The van der Waals surface area contributed by atoms with Crippen LogP contribution in [0, 0.1) is 6.92 Å². The van der Waals surface area contributed by atoms with Crippen LogP contribution in [0.4, 0.5) is 5.69 Å². The Kier molecular flexibility index (Phi) is 4.77. The van der Waals surface area contributed by atoms with Crippen molar-refractivity contribution in [1.29, 1.82) is 0 Å². The van der Waals surface area contributed by atoms with Crippen molar-refractivity contribution in [3.05, 3.63) is 50.7 Å². The third kappa shape index (κ3) is 3.37. The van der Waals surface area contributed by atoms with Crippen LogP contribution in [0.15, 0.2) is 39.5 Å². The molecule has 1 amide bonds. The molecule has 0 atom stereocenters. The molecular weight excluding hydrogens is 388 g/mol. The Morgan fingerprint density at radius 2 is 2.05 bits per heavy atom. The molecule has 0 aliphatic rings. The minimum Gasteiger partial charge on any atom is -0.497 e. The average Bonchev–Trinajstić information content (AvgIpc) is 2.43. The number of aromatic nitrogens is 1. The van der Waals surface area contributed by atoms with Crippen LogP contribution < -0.4 is 10.1 Å². The number of amides is 1. The minimum absolute atomic E-state index is 0.223. The van der Waals surface area contributed by atoms with E-state index in [2.05, 4.69) is 42.2 Å². The molecular formula is C14H12Br2N2O2. The van der Waals surface area contributed by atoms with Crippen LogP contribution in [-0.2, 0) is 0 Å². The molecule has 2 aromatic rings. The molecule has 2 rings (SSSR count). The zero-order chi connectivity index (χ0) is 14.7. The van der Waals surface area contributed by atoms with E-state index in [-0.39, 0.29) is 5.91 Å². The number of aryl methyl sites for hydroxylation is 1. The van der Waals surface area contributed by atoms with Gasteiger partial charge in [0.15, 0.2) is 0 Å². The fourth-order valence-corrected chi connectivity index (χ4v) is 2.27. The van der Waals surface area contributed by atoms with Gasteiger partial charge in [0.25, 0.3) is 5.91 Å². The summed E-state index contributed by atoms with van der Waals surface area (Å²) in [6.45, 7) is 1.91. The van der Waals surface area contributed by atoms with E-state index in [1.807, 2.05) is 13.0 Å². The maximum absolute atomic E-state index is 12.3. The number of nitrogens with one attached hydrogen (secondary N) is 1. The standard InChI is InChI=1S/C14H12Br2N2O2/c1-8-5-9(7-17-13(8)16)18-14(19)11-6-10(20-2)3-4-12(11)15/h3-7H,1-2H3,(H,18,19). The smallest absolute Gasteiger partial charge is 0.256 e. The number of carbonyl (C=O) groups is 1. The van der Waals surface area contributed by atoms with E-state index in [4.69, 9.17) is 4.74 Å². The number of carbonyl (C=O) groups excluding carboxylic acids is 1. The predicted octanol–water partition coefficient (Wildman–Crippen LogP) is 4.18. The maximum Gasteiger partial charge on any atom is 0.256 e. The van der Waals surface area contributed by atoms with Crippen LogP contribution in [0.3, 0.4) is 0 Å².